The number of nitrogens with one attached hydrogen (secondary N) is 1. The highest BCUT2D eigenvalue weighted by Gasteiger charge is 2.23. The third kappa shape index (κ3) is 4.90. The molecule has 4 rings (SSSR count). The largest absolute Gasteiger partial charge is 0.382 e. The van der Waals surface area contributed by atoms with Crippen molar-refractivity contribution in [3.8, 4) is 11.3 Å². The minimum absolute atomic E-state index is 0.0174. The van der Waals surface area contributed by atoms with E-state index >= 15 is 0 Å². The smallest absolute Gasteiger partial charge is 0.314 e. The van der Waals surface area contributed by atoms with Gasteiger partial charge in [0.1, 0.15) is 0 Å². The predicted molar refractivity (Wildman–Crippen MR) is 123 cm³/mol. The summed E-state index contributed by atoms with van der Waals surface area (Å²) in [6, 6.07) is 15.4. The van der Waals surface area contributed by atoms with Crippen molar-refractivity contribution >= 4 is 29.4 Å². The fourth-order valence-corrected chi connectivity index (χ4v) is 3.51. The molecule has 1 aliphatic rings. The molecule has 4 amide bonds. The third-order valence-electron chi connectivity index (χ3n) is 5.35. The minimum atomic E-state index is -0.479. The quantitative estimate of drug-likeness (QED) is 0.558. The van der Waals surface area contributed by atoms with Crippen LogP contribution in [0.5, 0.6) is 0 Å². The van der Waals surface area contributed by atoms with E-state index < -0.39 is 11.9 Å². The van der Waals surface area contributed by atoms with E-state index in [-0.39, 0.29) is 17.4 Å². The Balaban J connectivity index is 1.47. The number of nitrogens with two attached hydrogens (primary N) is 2. The Morgan fingerprint density at radius 3 is 2.15 bits per heavy atom. The van der Waals surface area contributed by atoms with Crippen molar-refractivity contribution in [1.82, 2.24) is 19.8 Å². The maximum atomic E-state index is 12.8. The first-order valence-electron chi connectivity index (χ1n) is 10.4. The lowest BCUT2D eigenvalue weighted by Crippen LogP contribution is -2.52. The van der Waals surface area contributed by atoms with Gasteiger partial charge < -0.3 is 26.6 Å². The average Bonchev–Trinajstić information content (AvgIpc) is 2.84. The first-order chi connectivity index (χ1) is 15.9. The number of hydrogen-bond donors (Lipinski definition) is 3. The zero-order chi connectivity index (χ0) is 23.4. The molecular formula is C23H23N7O3. The molecule has 0 aliphatic carbocycles. The zero-order valence-electron chi connectivity index (χ0n) is 17.8. The molecule has 5 N–H and O–H groups in total. The summed E-state index contributed by atoms with van der Waals surface area (Å²) in [6.07, 6.45) is 1.48. The Morgan fingerprint density at radius 1 is 0.879 bits per heavy atom. The molecule has 0 atom stereocenters. The molecular weight excluding hydrogens is 422 g/mol. The molecule has 10 heteroatoms. The monoisotopic (exact) mass is 445 g/mol. The van der Waals surface area contributed by atoms with E-state index in [4.69, 9.17) is 11.5 Å². The number of para-hydroxylation sites is 1. The minimum Gasteiger partial charge on any atom is -0.382 e. The average molecular weight is 445 g/mol. The van der Waals surface area contributed by atoms with Crippen LogP contribution >= 0.6 is 0 Å². The number of carbonyl (C=O) groups excluding carboxylic acids is 3. The van der Waals surface area contributed by atoms with Crippen LogP contribution in [-0.2, 0) is 0 Å². The summed E-state index contributed by atoms with van der Waals surface area (Å²) in [5, 5.41) is 2.74. The summed E-state index contributed by atoms with van der Waals surface area (Å²) in [4.78, 5) is 48.3. The molecule has 0 unspecified atom stereocenters. The molecule has 1 fully saturated rings. The van der Waals surface area contributed by atoms with E-state index in [9.17, 15) is 14.4 Å². The summed E-state index contributed by atoms with van der Waals surface area (Å²) in [5.41, 5.74) is 13.5. The lowest BCUT2D eigenvalue weighted by molar-refractivity contribution is 0.0669. The number of anilines is 2. The number of urea groups is 1. The molecule has 1 aromatic heterocycles. The van der Waals surface area contributed by atoms with Gasteiger partial charge in [-0.2, -0.15) is 0 Å². The van der Waals surface area contributed by atoms with Crippen LogP contribution in [0.4, 0.5) is 16.3 Å². The van der Waals surface area contributed by atoms with E-state index in [1.54, 1.807) is 41.3 Å². The fraction of sp³-hybridized carbons (Fsp3) is 0.174. The van der Waals surface area contributed by atoms with Crippen LogP contribution in [0.1, 0.15) is 20.8 Å². The number of primary amides is 1. The van der Waals surface area contributed by atoms with E-state index in [0.717, 1.165) is 0 Å². The highest BCUT2D eigenvalue weighted by molar-refractivity contribution is 6.06. The number of benzene rings is 2. The molecule has 2 heterocycles. The van der Waals surface area contributed by atoms with Crippen LogP contribution in [0.15, 0.2) is 60.8 Å². The number of nitrogens with zero attached hydrogens (tertiary/aromatic N) is 4. The van der Waals surface area contributed by atoms with Crippen molar-refractivity contribution in [2.45, 2.75) is 0 Å². The maximum Gasteiger partial charge on any atom is 0.314 e. The standard InChI is InChI=1S/C23H23N7O3/c24-20-19(21(31)27-17-4-2-1-3-5-17)28-18(14-26-20)15-6-8-16(9-7-15)22(32)29-10-12-30(13-11-29)23(25)33/h1-9,14H,10-13H2,(H2,24,26)(H2,25,33)(H,27,31). The summed E-state index contributed by atoms with van der Waals surface area (Å²) in [7, 11) is 0. The van der Waals surface area contributed by atoms with Gasteiger partial charge in [-0.1, -0.05) is 30.3 Å². The molecule has 0 saturated carbocycles. The summed E-state index contributed by atoms with van der Waals surface area (Å²) < 4.78 is 0. The van der Waals surface area contributed by atoms with Gasteiger partial charge in [-0.05, 0) is 24.3 Å². The van der Waals surface area contributed by atoms with Crippen LogP contribution in [0.3, 0.4) is 0 Å². The molecule has 2 aromatic carbocycles. The van der Waals surface area contributed by atoms with Crippen molar-refractivity contribution in [3.05, 3.63) is 72.1 Å². The van der Waals surface area contributed by atoms with Gasteiger partial charge in [-0.3, -0.25) is 9.59 Å². The maximum absolute atomic E-state index is 12.8. The summed E-state index contributed by atoms with van der Waals surface area (Å²) >= 11 is 0. The molecule has 168 valence electrons. The number of piperazine rings is 1. The van der Waals surface area contributed by atoms with Crippen molar-refractivity contribution in [3.63, 3.8) is 0 Å². The zero-order valence-corrected chi connectivity index (χ0v) is 17.8. The SMILES string of the molecule is NC(=O)N1CCN(C(=O)c2ccc(-c3cnc(N)c(C(=O)Nc4ccccc4)n3)cc2)CC1. The van der Waals surface area contributed by atoms with Gasteiger partial charge in [-0.15, -0.1) is 0 Å². The number of nitrogen functional groups attached to an aromatic ring is 1. The fourth-order valence-electron chi connectivity index (χ4n) is 3.51. The van der Waals surface area contributed by atoms with Crippen molar-refractivity contribution < 1.29 is 14.4 Å². The van der Waals surface area contributed by atoms with Crippen LogP contribution in [0, 0.1) is 0 Å². The lowest BCUT2D eigenvalue weighted by Gasteiger charge is -2.33. The number of amides is 4. The van der Waals surface area contributed by atoms with Gasteiger partial charge in [0.15, 0.2) is 11.5 Å². The van der Waals surface area contributed by atoms with Crippen LogP contribution in [0.2, 0.25) is 0 Å². The second-order valence-corrected chi connectivity index (χ2v) is 7.50. The number of rotatable bonds is 4. The second-order valence-electron chi connectivity index (χ2n) is 7.50. The van der Waals surface area contributed by atoms with Crippen LogP contribution in [0.25, 0.3) is 11.3 Å². The Morgan fingerprint density at radius 2 is 1.52 bits per heavy atom. The predicted octanol–water partition coefficient (Wildman–Crippen LogP) is 1.81. The number of aromatic nitrogens is 2. The second kappa shape index (κ2) is 9.35. The van der Waals surface area contributed by atoms with Crippen molar-refractivity contribution in [1.29, 1.82) is 0 Å². The molecule has 1 saturated heterocycles. The molecule has 0 bridgehead atoms. The molecule has 3 aromatic rings. The lowest BCUT2D eigenvalue weighted by atomic mass is 10.1. The van der Waals surface area contributed by atoms with Gasteiger partial charge >= 0.3 is 6.03 Å². The molecule has 10 nitrogen and oxygen atoms in total. The molecule has 0 radical (unpaired) electrons. The first kappa shape index (κ1) is 21.8. The molecule has 1 aliphatic heterocycles. The Labute approximate surface area is 190 Å². The van der Waals surface area contributed by atoms with E-state index in [0.29, 0.717) is 48.7 Å². The van der Waals surface area contributed by atoms with Gasteiger partial charge in [0.2, 0.25) is 0 Å². The van der Waals surface area contributed by atoms with Gasteiger partial charge in [0.05, 0.1) is 11.9 Å². The van der Waals surface area contributed by atoms with E-state index in [1.165, 1.54) is 11.1 Å². The van der Waals surface area contributed by atoms with Crippen molar-refractivity contribution in [2.24, 2.45) is 5.73 Å². The summed E-state index contributed by atoms with van der Waals surface area (Å²) in [6.45, 7) is 1.67. The molecule has 33 heavy (non-hydrogen) atoms. The van der Waals surface area contributed by atoms with Gasteiger partial charge in [0.25, 0.3) is 11.8 Å². The van der Waals surface area contributed by atoms with E-state index in [1.807, 2.05) is 18.2 Å². The Hall–Kier alpha value is -4.47. The number of hydrogen-bond acceptors (Lipinski definition) is 6. The third-order valence-corrected chi connectivity index (χ3v) is 5.35. The van der Waals surface area contributed by atoms with Crippen LogP contribution < -0.4 is 16.8 Å². The number of carbonyl (C=O) groups is 3. The summed E-state index contributed by atoms with van der Waals surface area (Å²) in [5.74, 6) is -0.568. The Kier molecular flexibility index (Phi) is 6.16. The molecule has 0 spiro atoms. The van der Waals surface area contributed by atoms with Crippen LogP contribution in [-0.4, -0.2) is 63.8 Å². The van der Waals surface area contributed by atoms with Gasteiger partial charge in [0, 0.05) is 43.0 Å². The Bertz CT molecular complexity index is 1170. The van der Waals surface area contributed by atoms with Gasteiger partial charge in [-0.25, -0.2) is 14.8 Å². The first-order valence-corrected chi connectivity index (χ1v) is 10.4. The topological polar surface area (TPSA) is 148 Å². The highest BCUT2D eigenvalue weighted by Crippen LogP contribution is 2.21. The normalized spacial score (nSPS) is 13.5. The van der Waals surface area contributed by atoms with Crippen molar-refractivity contribution in [2.75, 3.05) is 37.2 Å². The van der Waals surface area contributed by atoms with E-state index in [2.05, 4.69) is 15.3 Å². The highest BCUT2D eigenvalue weighted by atomic mass is 16.2.